The number of nitro groups is 1. The van der Waals surface area contributed by atoms with Gasteiger partial charge in [0.15, 0.2) is 0 Å². The lowest BCUT2D eigenvalue weighted by Crippen LogP contribution is -2.04. The fourth-order valence-corrected chi connectivity index (χ4v) is 1.45. The molecule has 1 aromatic heterocycles. The number of rotatable bonds is 4. The molecule has 0 atom stereocenters. The van der Waals surface area contributed by atoms with E-state index in [-0.39, 0.29) is 16.9 Å². The van der Waals surface area contributed by atoms with Crippen molar-refractivity contribution in [3.05, 3.63) is 52.6 Å². The second-order valence-corrected chi connectivity index (χ2v) is 3.54. The first-order valence-electron chi connectivity index (χ1n) is 5.11. The van der Waals surface area contributed by atoms with Gasteiger partial charge in [0.25, 0.3) is 5.69 Å². The van der Waals surface area contributed by atoms with Gasteiger partial charge in [-0.2, -0.15) is 0 Å². The molecule has 2 N–H and O–H groups in total. The topological polar surface area (TPSA) is 118 Å². The van der Waals surface area contributed by atoms with E-state index < -0.39 is 10.9 Å². The van der Waals surface area contributed by atoms with Crippen LogP contribution in [0, 0.1) is 10.1 Å². The van der Waals surface area contributed by atoms with Gasteiger partial charge in [-0.1, -0.05) is 0 Å². The predicted octanol–water partition coefficient (Wildman–Crippen LogP) is 1.83. The largest absolute Gasteiger partial charge is 0.478 e. The average molecular weight is 260 g/mol. The highest BCUT2D eigenvalue weighted by molar-refractivity contribution is 5.96. The Balaban J connectivity index is 2.40. The van der Waals surface area contributed by atoms with Crippen molar-refractivity contribution in [1.29, 1.82) is 0 Å². The molecule has 0 amide bonds. The molecule has 0 aliphatic rings. The van der Waals surface area contributed by atoms with Gasteiger partial charge in [0.05, 0.1) is 34.3 Å². The first kappa shape index (κ1) is 12.4. The molecule has 2 aromatic rings. The summed E-state index contributed by atoms with van der Waals surface area (Å²) in [6.45, 7) is 0. The van der Waals surface area contributed by atoms with Crippen molar-refractivity contribution in [2.75, 3.05) is 5.32 Å². The lowest BCUT2D eigenvalue weighted by molar-refractivity contribution is -0.384. The molecule has 2 rings (SSSR count). The summed E-state index contributed by atoms with van der Waals surface area (Å²) in [6, 6.07) is 3.54. The van der Waals surface area contributed by atoms with E-state index in [0.717, 1.165) is 6.07 Å². The Morgan fingerprint density at radius 2 is 2.00 bits per heavy atom. The van der Waals surface area contributed by atoms with E-state index >= 15 is 0 Å². The smallest absolute Gasteiger partial charge is 0.338 e. The van der Waals surface area contributed by atoms with Crippen molar-refractivity contribution >= 4 is 23.0 Å². The summed E-state index contributed by atoms with van der Waals surface area (Å²) in [4.78, 5) is 28.6. The number of aromatic carboxylic acids is 1. The van der Waals surface area contributed by atoms with Crippen LogP contribution in [0.1, 0.15) is 10.4 Å². The minimum atomic E-state index is -1.26. The van der Waals surface area contributed by atoms with Crippen LogP contribution in [0.3, 0.4) is 0 Å². The minimum absolute atomic E-state index is 0.196. The monoisotopic (exact) mass is 260 g/mol. The third-order valence-corrected chi connectivity index (χ3v) is 2.28. The number of aromatic nitrogens is 2. The molecule has 0 spiro atoms. The molecular formula is C11H8N4O4. The maximum Gasteiger partial charge on any atom is 0.338 e. The number of benzene rings is 1. The lowest BCUT2D eigenvalue weighted by Gasteiger charge is -2.08. The number of carboxylic acid groups (broad SMARTS) is 1. The van der Waals surface area contributed by atoms with Crippen LogP contribution in [0.25, 0.3) is 0 Å². The van der Waals surface area contributed by atoms with Gasteiger partial charge in [0.2, 0.25) is 0 Å². The quantitative estimate of drug-likeness (QED) is 0.635. The van der Waals surface area contributed by atoms with Gasteiger partial charge in [-0.3, -0.25) is 10.1 Å². The third-order valence-electron chi connectivity index (χ3n) is 2.28. The minimum Gasteiger partial charge on any atom is -0.478 e. The van der Waals surface area contributed by atoms with E-state index in [4.69, 9.17) is 5.11 Å². The predicted molar refractivity (Wildman–Crippen MR) is 65.4 cm³/mol. The third kappa shape index (κ3) is 2.80. The molecule has 0 saturated heterocycles. The van der Waals surface area contributed by atoms with Crippen LogP contribution in [-0.4, -0.2) is 26.0 Å². The zero-order chi connectivity index (χ0) is 13.8. The molecule has 1 heterocycles. The summed E-state index contributed by atoms with van der Waals surface area (Å²) >= 11 is 0. The summed E-state index contributed by atoms with van der Waals surface area (Å²) in [5.41, 5.74) is 0.233. The van der Waals surface area contributed by atoms with E-state index in [1.54, 1.807) is 0 Å². The van der Waals surface area contributed by atoms with E-state index in [1.807, 2.05) is 0 Å². The average Bonchev–Trinajstić information content (AvgIpc) is 2.39. The van der Waals surface area contributed by atoms with Crippen molar-refractivity contribution in [2.24, 2.45) is 0 Å². The van der Waals surface area contributed by atoms with E-state index in [0.29, 0.717) is 5.69 Å². The number of non-ortho nitro benzene ring substituents is 1. The Kier molecular flexibility index (Phi) is 3.33. The fraction of sp³-hybridized carbons (Fsp3) is 0. The highest BCUT2D eigenvalue weighted by Crippen LogP contribution is 2.24. The molecule has 0 aliphatic heterocycles. The molecule has 0 fully saturated rings. The maximum absolute atomic E-state index is 11.1. The second kappa shape index (κ2) is 5.08. The molecule has 0 radical (unpaired) electrons. The second-order valence-electron chi connectivity index (χ2n) is 3.54. The maximum atomic E-state index is 11.1. The van der Waals surface area contributed by atoms with Gasteiger partial charge >= 0.3 is 5.97 Å². The Morgan fingerprint density at radius 1 is 1.32 bits per heavy atom. The van der Waals surface area contributed by atoms with Crippen molar-refractivity contribution in [3.63, 3.8) is 0 Å². The van der Waals surface area contributed by atoms with Crippen molar-refractivity contribution in [1.82, 2.24) is 9.97 Å². The number of nitrogens with one attached hydrogen (secondary N) is 1. The SMILES string of the molecule is O=C(O)c1cc([N+](=O)[O-])ccc1Nc1cncnc1. The van der Waals surface area contributed by atoms with Crippen molar-refractivity contribution in [2.45, 2.75) is 0 Å². The highest BCUT2D eigenvalue weighted by Gasteiger charge is 2.16. The Hall–Kier alpha value is -3.03. The van der Waals surface area contributed by atoms with Crippen LogP contribution in [0.15, 0.2) is 36.9 Å². The Morgan fingerprint density at radius 3 is 2.58 bits per heavy atom. The normalized spacial score (nSPS) is 9.89. The number of carboxylic acids is 1. The molecule has 8 heteroatoms. The number of anilines is 2. The number of hydrogen-bond donors (Lipinski definition) is 2. The summed E-state index contributed by atoms with van der Waals surface area (Å²) < 4.78 is 0. The van der Waals surface area contributed by atoms with Crippen LogP contribution < -0.4 is 5.32 Å². The first-order valence-corrected chi connectivity index (χ1v) is 5.11. The zero-order valence-electron chi connectivity index (χ0n) is 9.48. The van der Waals surface area contributed by atoms with E-state index in [1.165, 1.54) is 30.9 Å². The van der Waals surface area contributed by atoms with Gasteiger partial charge in [0, 0.05) is 12.1 Å². The molecule has 0 saturated carbocycles. The number of nitrogens with zero attached hydrogens (tertiary/aromatic N) is 3. The number of carbonyl (C=O) groups is 1. The molecule has 96 valence electrons. The lowest BCUT2D eigenvalue weighted by atomic mass is 10.1. The van der Waals surface area contributed by atoms with Crippen LogP contribution in [0.2, 0.25) is 0 Å². The van der Waals surface area contributed by atoms with Gasteiger partial charge in [-0.05, 0) is 6.07 Å². The van der Waals surface area contributed by atoms with Gasteiger partial charge in [-0.25, -0.2) is 14.8 Å². The molecule has 0 aliphatic carbocycles. The Labute approximate surface area is 106 Å². The summed E-state index contributed by atoms with van der Waals surface area (Å²) in [5, 5.41) is 22.5. The standard InChI is InChI=1S/C11H8N4O4/c16-11(17)9-3-8(15(18)19)1-2-10(9)14-7-4-12-6-13-5-7/h1-6,14H,(H,16,17). The van der Waals surface area contributed by atoms with E-state index in [2.05, 4.69) is 15.3 Å². The van der Waals surface area contributed by atoms with Crippen molar-refractivity contribution in [3.8, 4) is 0 Å². The zero-order valence-corrected chi connectivity index (χ0v) is 9.48. The number of hydrogen-bond acceptors (Lipinski definition) is 6. The van der Waals surface area contributed by atoms with Crippen LogP contribution >= 0.6 is 0 Å². The molecule has 19 heavy (non-hydrogen) atoms. The number of nitro benzene ring substituents is 1. The van der Waals surface area contributed by atoms with Crippen LogP contribution in [0.5, 0.6) is 0 Å². The molecule has 1 aromatic carbocycles. The molecule has 8 nitrogen and oxygen atoms in total. The molecule has 0 bridgehead atoms. The summed E-state index contributed by atoms with van der Waals surface area (Å²) in [6.07, 6.45) is 4.25. The van der Waals surface area contributed by atoms with Crippen LogP contribution in [-0.2, 0) is 0 Å². The Bertz CT molecular complexity index is 630. The summed E-state index contributed by atoms with van der Waals surface area (Å²) in [5.74, 6) is -1.26. The van der Waals surface area contributed by atoms with Gasteiger partial charge < -0.3 is 10.4 Å². The highest BCUT2D eigenvalue weighted by atomic mass is 16.6. The van der Waals surface area contributed by atoms with E-state index in [9.17, 15) is 14.9 Å². The van der Waals surface area contributed by atoms with Gasteiger partial charge in [0.1, 0.15) is 6.33 Å². The molecular weight excluding hydrogens is 252 g/mol. The van der Waals surface area contributed by atoms with Crippen molar-refractivity contribution < 1.29 is 14.8 Å². The molecule has 0 unspecified atom stereocenters. The summed E-state index contributed by atoms with van der Waals surface area (Å²) in [7, 11) is 0. The van der Waals surface area contributed by atoms with Crippen LogP contribution in [0.4, 0.5) is 17.1 Å². The first-order chi connectivity index (χ1) is 9.08. The fourth-order valence-electron chi connectivity index (χ4n) is 1.45. The van der Waals surface area contributed by atoms with Gasteiger partial charge in [-0.15, -0.1) is 0 Å².